The summed E-state index contributed by atoms with van der Waals surface area (Å²) in [5.41, 5.74) is 1.27. The molecule has 1 atom stereocenters. The summed E-state index contributed by atoms with van der Waals surface area (Å²) in [5, 5.41) is 4.18. The lowest BCUT2D eigenvalue weighted by Crippen LogP contribution is -2.38. The molecule has 2 heterocycles. The van der Waals surface area contributed by atoms with Crippen LogP contribution in [0.2, 0.25) is 5.15 Å². The van der Waals surface area contributed by atoms with Gasteiger partial charge in [0.25, 0.3) is 0 Å². The predicted molar refractivity (Wildman–Crippen MR) is 78.3 cm³/mol. The van der Waals surface area contributed by atoms with Crippen molar-refractivity contribution in [1.29, 1.82) is 0 Å². The molecule has 104 valence electrons. The molecule has 1 aromatic rings. The summed E-state index contributed by atoms with van der Waals surface area (Å²) in [6.07, 6.45) is 7.37. The zero-order chi connectivity index (χ0) is 13.1. The summed E-state index contributed by atoms with van der Waals surface area (Å²) in [5.74, 6) is 0.932. The second kappa shape index (κ2) is 6.21. The molecule has 1 saturated heterocycles. The van der Waals surface area contributed by atoms with Gasteiger partial charge in [0.1, 0.15) is 5.15 Å². The minimum absolute atomic E-state index is 0.579. The van der Waals surface area contributed by atoms with Crippen LogP contribution in [-0.4, -0.2) is 35.6 Å². The average molecular weight is 280 g/mol. The van der Waals surface area contributed by atoms with Crippen molar-refractivity contribution in [2.45, 2.75) is 38.3 Å². The number of aromatic nitrogens is 1. The Morgan fingerprint density at radius 1 is 1.26 bits per heavy atom. The van der Waals surface area contributed by atoms with Crippen LogP contribution in [0.25, 0.3) is 0 Å². The zero-order valence-electron chi connectivity index (χ0n) is 11.3. The molecule has 19 heavy (non-hydrogen) atoms. The third kappa shape index (κ3) is 4.16. The first-order valence-electron chi connectivity index (χ1n) is 7.36. The van der Waals surface area contributed by atoms with Crippen LogP contribution in [0.4, 0.5) is 0 Å². The van der Waals surface area contributed by atoms with E-state index in [4.69, 9.17) is 11.6 Å². The molecule has 1 aliphatic carbocycles. The number of nitrogens with one attached hydrogen (secondary N) is 1. The molecule has 0 amide bonds. The zero-order valence-corrected chi connectivity index (χ0v) is 12.1. The fraction of sp³-hybridized carbons (Fsp3) is 0.667. The van der Waals surface area contributed by atoms with Crippen molar-refractivity contribution in [3.05, 3.63) is 29.0 Å². The number of nitrogens with zero attached hydrogens (tertiary/aromatic N) is 2. The number of hydrogen-bond acceptors (Lipinski definition) is 3. The molecule has 1 aromatic heterocycles. The van der Waals surface area contributed by atoms with Gasteiger partial charge in [-0.05, 0) is 49.8 Å². The number of hydrogen-bond donors (Lipinski definition) is 1. The third-order valence-electron chi connectivity index (χ3n) is 4.05. The molecule has 4 heteroatoms. The minimum atomic E-state index is 0.579. The SMILES string of the molecule is Clc1ccc(CN(CC2CC2)CC2CCCN2)cn1. The Morgan fingerprint density at radius 2 is 2.16 bits per heavy atom. The van der Waals surface area contributed by atoms with Crippen LogP contribution in [0.15, 0.2) is 18.3 Å². The van der Waals surface area contributed by atoms with E-state index in [1.165, 1.54) is 50.9 Å². The van der Waals surface area contributed by atoms with Gasteiger partial charge < -0.3 is 5.32 Å². The van der Waals surface area contributed by atoms with Gasteiger partial charge in [-0.3, -0.25) is 4.90 Å². The minimum Gasteiger partial charge on any atom is -0.313 e. The van der Waals surface area contributed by atoms with Crippen molar-refractivity contribution in [3.63, 3.8) is 0 Å². The van der Waals surface area contributed by atoms with Crippen LogP contribution in [-0.2, 0) is 6.54 Å². The van der Waals surface area contributed by atoms with E-state index in [2.05, 4.69) is 21.3 Å². The molecule has 0 radical (unpaired) electrons. The standard InChI is InChI=1S/C15H22ClN3/c16-15-6-5-13(8-18-15)10-19(9-12-3-4-12)11-14-2-1-7-17-14/h5-6,8,12,14,17H,1-4,7,9-11H2. The van der Waals surface area contributed by atoms with Gasteiger partial charge in [-0.15, -0.1) is 0 Å². The van der Waals surface area contributed by atoms with Gasteiger partial charge in [-0.1, -0.05) is 17.7 Å². The molecule has 3 rings (SSSR count). The Hall–Kier alpha value is -0.640. The Labute approximate surface area is 120 Å². The average Bonchev–Trinajstić information content (AvgIpc) is 3.06. The van der Waals surface area contributed by atoms with Crippen molar-refractivity contribution >= 4 is 11.6 Å². The molecular weight excluding hydrogens is 258 g/mol. The van der Waals surface area contributed by atoms with E-state index >= 15 is 0 Å². The lowest BCUT2D eigenvalue weighted by atomic mass is 10.2. The molecule has 0 bridgehead atoms. The van der Waals surface area contributed by atoms with Crippen molar-refractivity contribution in [2.24, 2.45) is 5.92 Å². The first kappa shape index (κ1) is 13.3. The fourth-order valence-electron chi connectivity index (χ4n) is 2.85. The van der Waals surface area contributed by atoms with Gasteiger partial charge in [0.2, 0.25) is 0 Å². The van der Waals surface area contributed by atoms with Crippen molar-refractivity contribution < 1.29 is 0 Å². The Balaban J connectivity index is 1.58. The molecule has 2 aliphatic rings. The topological polar surface area (TPSA) is 28.2 Å². The Morgan fingerprint density at radius 3 is 2.79 bits per heavy atom. The summed E-state index contributed by atoms with van der Waals surface area (Å²) in [6.45, 7) is 4.59. The highest BCUT2D eigenvalue weighted by Crippen LogP contribution is 2.30. The van der Waals surface area contributed by atoms with Gasteiger partial charge in [0.05, 0.1) is 0 Å². The monoisotopic (exact) mass is 279 g/mol. The van der Waals surface area contributed by atoms with Crippen LogP contribution < -0.4 is 5.32 Å². The summed E-state index contributed by atoms with van der Waals surface area (Å²) in [6, 6.07) is 4.66. The lowest BCUT2D eigenvalue weighted by Gasteiger charge is -2.25. The van der Waals surface area contributed by atoms with Crippen molar-refractivity contribution in [2.75, 3.05) is 19.6 Å². The molecule has 0 spiro atoms. The molecular formula is C15H22ClN3. The smallest absolute Gasteiger partial charge is 0.129 e. The summed E-state index contributed by atoms with van der Waals surface area (Å²) in [4.78, 5) is 6.77. The maximum absolute atomic E-state index is 5.85. The highest BCUT2D eigenvalue weighted by Gasteiger charge is 2.26. The van der Waals surface area contributed by atoms with Crippen LogP contribution in [0, 0.1) is 5.92 Å². The van der Waals surface area contributed by atoms with E-state index in [-0.39, 0.29) is 0 Å². The first-order valence-corrected chi connectivity index (χ1v) is 7.73. The van der Waals surface area contributed by atoms with E-state index in [1.807, 2.05) is 12.3 Å². The Kier molecular flexibility index (Phi) is 4.36. The predicted octanol–water partition coefficient (Wildman–Crippen LogP) is 2.70. The Bertz CT molecular complexity index is 396. The lowest BCUT2D eigenvalue weighted by molar-refractivity contribution is 0.231. The second-order valence-corrected chi connectivity index (χ2v) is 6.31. The van der Waals surface area contributed by atoms with Gasteiger partial charge in [-0.25, -0.2) is 4.98 Å². The van der Waals surface area contributed by atoms with Crippen LogP contribution in [0.1, 0.15) is 31.2 Å². The molecule has 1 unspecified atom stereocenters. The van der Waals surface area contributed by atoms with Gasteiger partial charge >= 0.3 is 0 Å². The molecule has 1 aliphatic heterocycles. The van der Waals surface area contributed by atoms with E-state index in [1.54, 1.807) is 0 Å². The number of halogens is 1. The maximum Gasteiger partial charge on any atom is 0.129 e. The van der Waals surface area contributed by atoms with Gasteiger partial charge in [0, 0.05) is 31.9 Å². The largest absolute Gasteiger partial charge is 0.313 e. The van der Waals surface area contributed by atoms with Crippen LogP contribution in [0.5, 0.6) is 0 Å². The number of pyridine rings is 1. The number of rotatable bonds is 6. The molecule has 3 nitrogen and oxygen atoms in total. The highest BCUT2D eigenvalue weighted by atomic mass is 35.5. The van der Waals surface area contributed by atoms with Gasteiger partial charge in [0.15, 0.2) is 0 Å². The molecule has 1 saturated carbocycles. The summed E-state index contributed by atoms with van der Waals surface area (Å²) in [7, 11) is 0. The van der Waals surface area contributed by atoms with E-state index in [0.717, 1.165) is 12.5 Å². The van der Waals surface area contributed by atoms with Crippen LogP contribution in [0.3, 0.4) is 0 Å². The summed E-state index contributed by atoms with van der Waals surface area (Å²) < 4.78 is 0. The maximum atomic E-state index is 5.85. The molecule has 0 aromatic carbocycles. The van der Waals surface area contributed by atoms with E-state index in [9.17, 15) is 0 Å². The van der Waals surface area contributed by atoms with Crippen molar-refractivity contribution in [1.82, 2.24) is 15.2 Å². The molecule has 2 fully saturated rings. The molecule has 1 N–H and O–H groups in total. The first-order chi connectivity index (χ1) is 9.29. The van der Waals surface area contributed by atoms with Crippen LogP contribution >= 0.6 is 11.6 Å². The van der Waals surface area contributed by atoms with Crippen molar-refractivity contribution in [3.8, 4) is 0 Å². The van der Waals surface area contributed by atoms with Gasteiger partial charge in [-0.2, -0.15) is 0 Å². The normalized spacial score (nSPS) is 23.2. The third-order valence-corrected chi connectivity index (χ3v) is 4.27. The van der Waals surface area contributed by atoms with E-state index in [0.29, 0.717) is 11.2 Å². The summed E-state index contributed by atoms with van der Waals surface area (Å²) >= 11 is 5.85. The van der Waals surface area contributed by atoms with E-state index < -0.39 is 0 Å². The quantitative estimate of drug-likeness (QED) is 0.812. The second-order valence-electron chi connectivity index (χ2n) is 5.92. The highest BCUT2D eigenvalue weighted by molar-refractivity contribution is 6.29. The fourth-order valence-corrected chi connectivity index (χ4v) is 2.96.